The molecular formula is C10H17N3O2S. The van der Waals surface area contributed by atoms with Crippen molar-refractivity contribution in [3.05, 3.63) is 0 Å². The molecule has 0 radical (unpaired) electrons. The quantitative estimate of drug-likeness (QED) is 0.682. The van der Waals surface area contributed by atoms with E-state index in [4.69, 9.17) is 18.0 Å². The zero-order chi connectivity index (χ0) is 12.3. The number of thiocarbonyl (C=S) groups is 1. The summed E-state index contributed by atoms with van der Waals surface area (Å²) in [5, 5.41) is 0. The summed E-state index contributed by atoms with van der Waals surface area (Å²) in [5.41, 5.74) is 5.48. The van der Waals surface area contributed by atoms with Crippen molar-refractivity contribution in [2.45, 2.75) is 13.8 Å². The van der Waals surface area contributed by atoms with Crippen LogP contribution in [0.25, 0.3) is 0 Å². The van der Waals surface area contributed by atoms with Crippen LogP contribution < -0.4 is 5.73 Å². The first kappa shape index (κ1) is 12.9. The van der Waals surface area contributed by atoms with Gasteiger partial charge in [0.15, 0.2) is 0 Å². The normalized spacial score (nSPS) is 18.9. The van der Waals surface area contributed by atoms with E-state index in [1.807, 2.05) is 13.8 Å². The lowest BCUT2D eigenvalue weighted by Crippen LogP contribution is -2.55. The summed E-state index contributed by atoms with van der Waals surface area (Å²) in [6, 6.07) is 0. The Hall–Kier alpha value is -1.17. The fraction of sp³-hybridized carbons (Fsp3) is 0.700. The molecule has 1 heterocycles. The summed E-state index contributed by atoms with van der Waals surface area (Å²) < 4.78 is 0. The Morgan fingerprint density at radius 3 is 2.38 bits per heavy atom. The van der Waals surface area contributed by atoms with Crippen molar-refractivity contribution in [3.8, 4) is 0 Å². The highest BCUT2D eigenvalue weighted by Crippen LogP contribution is 2.08. The molecule has 1 rings (SSSR count). The monoisotopic (exact) mass is 243 g/mol. The van der Waals surface area contributed by atoms with E-state index < -0.39 is 0 Å². The Balaban J connectivity index is 2.60. The molecule has 90 valence electrons. The number of likely N-dealkylation sites (N-methyl/N-ethyl adjacent to an activating group) is 1. The number of nitrogens with two attached hydrogens (primary N) is 1. The van der Waals surface area contributed by atoms with Gasteiger partial charge in [-0.25, -0.2) is 0 Å². The number of piperazine rings is 1. The van der Waals surface area contributed by atoms with Gasteiger partial charge in [0.25, 0.3) is 0 Å². The molecule has 0 aromatic carbocycles. The van der Waals surface area contributed by atoms with Gasteiger partial charge in [-0.3, -0.25) is 9.59 Å². The van der Waals surface area contributed by atoms with Crippen LogP contribution in [0.15, 0.2) is 0 Å². The second-order valence-electron chi connectivity index (χ2n) is 3.99. The van der Waals surface area contributed by atoms with E-state index in [-0.39, 0.29) is 30.8 Å². The number of carbonyl (C=O) groups excluding carboxylic acids is 2. The molecule has 1 saturated heterocycles. The zero-order valence-electron chi connectivity index (χ0n) is 9.60. The lowest BCUT2D eigenvalue weighted by molar-refractivity contribution is -0.150. The van der Waals surface area contributed by atoms with Crippen molar-refractivity contribution in [3.63, 3.8) is 0 Å². The van der Waals surface area contributed by atoms with Crippen molar-refractivity contribution in [2.24, 2.45) is 11.7 Å². The maximum Gasteiger partial charge on any atom is 0.242 e. The van der Waals surface area contributed by atoms with E-state index in [0.717, 1.165) is 0 Å². The van der Waals surface area contributed by atoms with E-state index in [2.05, 4.69) is 0 Å². The van der Waals surface area contributed by atoms with Gasteiger partial charge in [-0.1, -0.05) is 19.1 Å². The standard InChI is InChI=1S/C10H17N3O2S/c1-3-12-5-9(15)13(6-8(12)14)4-7(2)10(11)16/h7H,3-6H2,1-2H3,(H2,11,16). The third-order valence-electron chi connectivity index (χ3n) is 2.72. The van der Waals surface area contributed by atoms with Crippen molar-refractivity contribution in [1.29, 1.82) is 0 Å². The number of hydrogen-bond acceptors (Lipinski definition) is 3. The lowest BCUT2D eigenvalue weighted by atomic mass is 10.1. The molecule has 1 unspecified atom stereocenters. The highest BCUT2D eigenvalue weighted by Gasteiger charge is 2.29. The molecule has 2 N–H and O–H groups in total. The average molecular weight is 243 g/mol. The fourth-order valence-corrected chi connectivity index (χ4v) is 1.65. The predicted octanol–water partition coefficient (Wildman–Crippen LogP) is -0.401. The maximum absolute atomic E-state index is 11.7. The third-order valence-corrected chi connectivity index (χ3v) is 3.12. The number of amides is 2. The number of rotatable bonds is 4. The van der Waals surface area contributed by atoms with Gasteiger partial charge in [0.1, 0.15) is 0 Å². The minimum atomic E-state index is -0.0556. The van der Waals surface area contributed by atoms with Gasteiger partial charge in [-0.2, -0.15) is 0 Å². The van der Waals surface area contributed by atoms with Crippen LogP contribution in [0, 0.1) is 5.92 Å². The van der Waals surface area contributed by atoms with Crippen LogP contribution >= 0.6 is 12.2 Å². The molecule has 0 aliphatic carbocycles. The van der Waals surface area contributed by atoms with Crippen LogP contribution in [0.5, 0.6) is 0 Å². The van der Waals surface area contributed by atoms with Crippen molar-refractivity contribution in [1.82, 2.24) is 9.80 Å². The molecule has 0 saturated carbocycles. The van der Waals surface area contributed by atoms with Crippen molar-refractivity contribution < 1.29 is 9.59 Å². The Morgan fingerprint density at radius 1 is 1.38 bits per heavy atom. The number of carbonyl (C=O) groups is 2. The van der Waals surface area contributed by atoms with E-state index in [9.17, 15) is 9.59 Å². The summed E-state index contributed by atoms with van der Waals surface area (Å²) in [4.78, 5) is 26.8. The molecule has 6 heteroatoms. The van der Waals surface area contributed by atoms with Crippen LogP contribution in [0.1, 0.15) is 13.8 Å². The molecule has 1 aliphatic heterocycles. The topological polar surface area (TPSA) is 66.6 Å². The number of nitrogens with zero attached hydrogens (tertiary/aromatic N) is 2. The summed E-state index contributed by atoms with van der Waals surface area (Å²) in [7, 11) is 0. The van der Waals surface area contributed by atoms with Gasteiger partial charge >= 0.3 is 0 Å². The Kier molecular flexibility index (Phi) is 4.23. The summed E-state index contributed by atoms with van der Waals surface area (Å²) >= 11 is 4.85. The molecule has 1 atom stereocenters. The highest BCUT2D eigenvalue weighted by atomic mass is 32.1. The fourth-order valence-electron chi connectivity index (χ4n) is 1.58. The second kappa shape index (κ2) is 5.25. The Labute approximate surface area is 101 Å². The van der Waals surface area contributed by atoms with E-state index >= 15 is 0 Å². The van der Waals surface area contributed by atoms with Crippen LogP contribution in [-0.4, -0.2) is 52.8 Å². The van der Waals surface area contributed by atoms with Gasteiger partial charge in [0, 0.05) is 19.0 Å². The molecule has 1 fully saturated rings. The average Bonchev–Trinajstić information content (AvgIpc) is 2.22. The second-order valence-corrected chi connectivity index (χ2v) is 4.46. The first-order valence-corrected chi connectivity index (χ1v) is 5.71. The van der Waals surface area contributed by atoms with Gasteiger partial charge in [0.05, 0.1) is 18.1 Å². The van der Waals surface area contributed by atoms with E-state index in [0.29, 0.717) is 18.1 Å². The number of hydrogen-bond donors (Lipinski definition) is 1. The van der Waals surface area contributed by atoms with Gasteiger partial charge in [-0.05, 0) is 6.92 Å². The van der Waals surface area contributed by atoms with Crippen LogP contribution in [-0.2, 0) is 9.59 Å². The molecule has 16 heavy (non-hydrogen) atoms. The summed E-state index contributed by atoms with van der Waals surface area (Å²) in [5.74, 6) is -0.110. The highest BCUT2D eigenvalue weighted by molar-refractivity contribution is 7.80. The van der Waals surface area contributed by atoms with Crippen LogP contribution in [0.2, 0.25) is 0 Å². The van der Waals surface area contributed by atoms with E-state index in [1.54, 1.807) is 4.90 Å². The first-order chi connectivity index (χ1) is 7.45. The smallest absolute Gasteiger partial charge is 0.242 e. The molecular weight excluding hydrogens is 226 g/mol. The van der Waals surface area contributed by atoms with Crippen molar-refractivity contribution >= 4 is 29.0 Å². The molecule has 2 amide bonds. The molecule has 0 spiro atoms. The van der Waals surface area contributed by atoms with E-state index in [1.165, 1.54) is 4.90 Å². The minimum absolute atomic E-state index is 0.0164. The SMILES string of the molecule is CCN1CC(=O)N(CC(C)C(N)=S)CC1=O. The molecule has 1 aliphatic rings. The molecule has 0 aromatic rings. The third kappa shape index (κ3) is 2.91. The molecule has 0 aromatic heterocycles. The van der Waals surface area contributed by atoms with Crippen molar-refractivity contribution in [2.75, 3.05) is 26.2 Å². The predicted molar refractivity (Wildman–Crippen MR) is 64.8 cm³/mol. The summed E-state index contributed by atoms with van der Waals surface area (Å²) in [6.07, 6.45) is 0. The lowest BCUT2D eigenvalue weighted by Gasteiger charge is -2.34. The molecule has 0 bridgehead atoms. The largest absolute Gasteiger partial charge is 0.393 e. The molecule has 5 nitrogen and oxygen atoms in total. The van der Waals surface area contributed by atoms with Gasteiger partial charge in [-0.15, -0.1) is 0 Å². The Bertz CT molecular complexity index is 319. The van der Waals surface area contributed by atoms with Crippen LogP contribution in [0.4, 0.5) is 0 Å². The minimum Gasteiger partial charge on any atom is -0.393 e. The summed E-state index contributed by atoms with van der Waals surface area (Å²) in [6.45, 7) is 5.02. The van der Waals surface area contributed by atoms with Crippen LogP contribution in [0.3, 0.4) is 0 Å². The first-order valence-electron chi connectivity index (χ1n) is 5.30. The van der Waals surface area contributed by atoms with Gasteiger partial charge in [0.2, 0.25) is 11.8 Å². The Morgan fingerprint density at radius 2 is 1.88 bits per heavy atom. The zero-order valence-corrected chi connectivity index (χ0v) is 10.4. The van der Waals surface area contributed by atoms with Gasteiger partial charge < -0.3 is 15.5 Å². The maximum atomic E-state index is 11.7.